The van der Waals surface area contributed by atoms with Gasteiger partial charge in [0.25, 0.3) is 0 Å². The summed E-state index contributed by atoms with van der Waals surface area (Å²) in [4.78, 5) is 19.0. The highest BCUT2D eigenvalue weighted by Crippen LogP contribution is 2.17. The number of aryl methyl sites for hydroxylation is 1. The van der Waals surface area contributed by atoms with E-state index in [1.807, 2.05) is 18.2 Å². The van der Waals surface area contributed by atoms with Gasteiger partial charge in [0.2, 0.25) is 5.91 Å². The molecule has 1 aromatic carbocycles. The number of anilines is 1. The van der Waals surface area contributed by atoms with Gasteiger partial charge in [-0.05, 0) is 24.6 Å². The zero-order chi connectivity index (χ0) is 13.0. The van der Waals surface area contributed by atoms with Gasteiger partial charge in [0, 0.05) is 12.1 Å². The molecule has 0 spiro atoms. The number of imidazole rings is 1. The molecule has 5 nitrogen and oxygen atoms in total. The molecule has 0 fully saturated rings. The summed E-state index contributed by atoms with van der Waals surface area (Å²) in [5, 5.41) is 2.72. The van der Waals surface area contributed by atoms with E-state index in [0.717, 1.165) is 41.8 Å². The third-order valence-electron chi connectivity index (χ3n) is 2.77. The Morgan fingerprint density at radius 1 is 1.40 bits per heavy atom. The average Bonchev–Trinajstić information content (AvgIpc) is 2.78. The fraction of sp³-hybridized carbons (Fsp3) is 0.385. The van der Waals surface area contributed by atoms with Crippen LogP contribution in [0, 0.1) is 0 Å². The minimum Gasteiger partial charge on any atom is -0.342 e. The number of fused-ring (bicyclic) bond motifs is 1. The molecule has 2 aromatic rings. The lowest BCUT2D eigenvalue weighted by molar-refractivity contribution is -0.114. The Morgan fingerprint density at radius 3 is 2.80 bits per heavy atom. The van der Waals surface area contributed by atoms with Crippen LogP contribution < -0.4 is 11.1 Å². The average molecular weight is 319 g/mol. The van der Waals surface area contributed by atoms with Gasteiger partial charge in [-0.1, -0.05) is 13.3 Å². The predicted octanol–water partition coefficient (Wildman–Crippen LogP) is 2.65. The largest absolute Gasteiger partial charge is 0.342 e. The summed E-state index contributed by atoms with van der Waals surface area (Å²) >= 11 is 0. The second kappa shape index (κ2) is 8.79. The van der Waals surface area contributed by atoms with E-state index in [1.165, 1.54) is 0 Å². The lowest BCUT2D eigenvalue weighted by atomic mass is 10.2. The maximum absolute atomic E-state index is 11.2. The molecular weight excluding hydrogens is 299 g/mol. The fourth-order valence-electron chi connectivity index (χ4n) is 1.81. The lowest BCUT2D eigenvalue weighted by Gasteiger charge is -2.02. The lowest BCUT2D eigenvalue weighted by Crippen LogP contribution is -2.21. The molecule has 0 unspecified atom stereocenters. The first-order valence-corrected chi connectivity index (χ1v) is 6.21. The molecule has 0 saturated heterocycles. The highest BCUT2D eigenvalue weighted by Gasteiger charge is 2.05. The zero-order valence-electron chi connectivity index (χ0n) is 11.3. The molecule has 7 heteroatoms. The molecule has 0 aliphatic heterocycles. The molecule has 2 rings (SSSR count). The van der Waals surface area contributed by atoms with Crippen molar-refractivity contribution in [1.29, 1.82) is 0 Å². The minimum absolute atomic E-state index is 0. The second-order valence-corrected chi connectivity index (χ2v) is 4.27. The van der Waals surface area contributed by atoms with Gasteiger partial charge in [0.15, 0.2) is 0 Å². The van der Waals surface area contributed by atoms with Gasteiger partial charge in [0.05, 0.1) is 17.6 Å². The van der Waals surface area contributed by atoms with E-state index < -0.39 is 0 Å². The van der Waals surface area contributed by atoms with E-state index in [9.17, 15) is 4.79 Å². The van der Waals surface area contributed by atoms with Gasteiger partial charge in [-0.2, -0.15) is 0 Å². The molecule has 1 amide bonds. The van der Waals surface area contributed by atoms with Crippen LogP contribution >= 0.6 is 24.8 Å². The summed E-state index contributed by atoms with van der Waals surface area (Å²) in [6, 6.07) is 5.61. The second-order valence-electron chi connectivity index (χ2n) is 4.27. The number of aromatic nitrogens is 2. The highest BCUT2D eigenvalue weighted by atomic mass is 35.5. The number of amides is 1. The monoisotopic (exact) mass is 318 g/mol. The number of carbonyl (C=O) groups is 1. The van der Waals surface area contributed by atoms with E-state index in [0.29, 0.717) is 0 Å². The number of unbranched alkanes of at least 4 members (excludes halogenated alkanes) is 1. The third-order valence-corrected chi connectivity index (χ3v) is 2.77. The van der Waals surface area contributed by atoms with Crippen molar-refractivity contribution in [2.45, 2.75) is 26.2 Å². The number of rotatable bonds is 5. The van der Waals surface area contributed by atoms with Crippen LogP contribution in [0.3, 0.4) is 0 Å². The Hall–Kier alpha value is -1.30. The Kier molecular flexibility index (Phi) is 8.22. The van der Waals surface area contributed by atoms with E-state index in [4.69, 9.17) is 5.73 Å². The molecule has 0 atom stereocenters. The Bertz CT molecular complexity index is 556. The summed E-state index contributed by atoms with van der Waals surface area (Å²) in [7, 11) is 0. The zero-order valence-corrected chi connectivity index (χ0v) is 12.9. The predicted molar refractivity (Wildman–Crippen MR) is 86.9 cm³/mol. The molecule has 4 N–H and O–H groups in total. The van der Waals surface area contributed by atoms with Crippen LogP contribution in [0.4, 0.5) is 5.69 Å². The number of H-pyrrole nitrogens is 1. The normalized spacial score (nSPS) is 9.70. The number of hydrogen-bond acceptors (Lipinski definition) is 3. The van der Waals surface area contributed by atoms with E-state index in [1.54, 1.807) is 0 Å². The molecule has 0 bridgehead atoms. The van der Waals surface area contributed by atoms with Gasteiger partial charge in [-0.25, -0.2) is 4.98 Å². The molecule has 0 radical (unpaired) electrons. The third kappa shape index (κ3) is 4.67. The van der Waals surface area contributed by atoms with Crippen LogP contribution in [0.15, 0.2) is 18.2 Å². The summed E-state index contributed by atoms with van der Waals surface area (Å²) in [5.41, 5.74) is 7.86. The Morgan fingerprint density at radius 2 is 2.15 bits per heavy atom. The molecule has 1 heterocycles. The van der Waals surface area contributed by atoms with Crippen molar-refractivity contribution < 1.29 is 4.79 Å². The maximum Gasteiger partial charge on any atom is 0.238 e. The van der Waals surface area contributed by atoms with E-state index in [-0.39, 0.29) is 37.3 Å². The number of hydrogen-bond donors (Lipinski definition) is 3. The molecule has 0 aliphatic rings. The van der Waals surface area contributed by atoms with Gasteiger partial charge in [0.1, 0.15) is 5.82 Å². The Labute approximate surface area is 130 Å². The van der Waals surface area contributed by atoms with Crippen LogP contribution in [0.2, 0.25) is 0 Å². The number of aromatic amines is 1. The smallest absolute Gasteiger partial charge is 0.238 e. The summed E-state index contributed by atoms with van der Waals surface area (Å²) in [6.45, 7) is 2.14. The van der Waals surface area contributed by atoms with Crippen molar-refractivity contribution >= 4 is 47.4 Å². The SMILES string of the molecule is CCCCc1nc2ccc(NC(=O)CN)cc2[nH]1.Cl.Cl. The topological polar surface area (TPSA) is 83.8 Å². The maximum atomic E-state index is 11.2. The van der Waals surface area contributed by atoms with Crippen molar-refractivity contribution in [2.75, 3.05) is 11.9 Å². The standard InChI is InChI=1S/C13H18N4O.2ClH/c1-2-3-4-12-16-10-6-5-9(7-11(10)17-12)15-13(18)8-14;;/h5-7H,2-4,8,14H2,1H3,(H,15,18)(H,16,17);2*1H. The van der Waals surface area contributed by atoms with E-state index in [2.05, 4.69) is 22.2 Å². The molecule has 1 aromatic heterocycles. The summed E-state index contributed by atoms with van der Waals surface area (Å²) in [5.74, 6) is 0.800. The number of halogens is 2. The molecule has 20 heavy (non-hydrogen) atoms. The van der Waals surface area contributed by atoms with Crippen LogP contribution in [0.25, 0.3) is 11.0 Å². The van der Waals surface area contributed by atoms with Crippen LogP contribution in [0.5, 0.6) is 0 Å². The van der Waals surface area contributed by atoms with Crippen molar-refractivity contribution in [1.82, 2.24) is 9.97 Å². The number of nitrogens with two attached hydrogens (primary N) is 1. The van der Waals surface area contributed by atoms with Crippen molar-refractivity contribution in [3.63, 3.8) is 0 Å². The van der Waals surface area contributed by atoms with Crippen LogP contribution in [-0.4, -0.2) is 22.4 Å². The van der Waals surface area contributed by atoms with Gasteiger partial charge >= 0.3 is 0 Å². The van der Waals surface area contributed by atoms with Crippen molar-refractivity contribution in [3.8, 4) is 0 Å². The molecular formula is C13H20Cl2N4O. The quantitative estimate of drug-likeness (QED) is 0.792. The van der Waals surface area contributed by atoms with Crippen LogP contribution in [-0.2, 0) is 11.2 Å². The van der Waals surface area contributed by atoms with Gasteiger partial charge in [-0.3, -0.25) is 4.79 Å². The molecule has 112 valence electrons. The summed E-state index contributed by atoms with van der Waals surface area (Å²) < 4.78 is 0. The van der Waals surface area contributed by atoms with Crippen molar-refractivity contribution in [2.24, 2.45) is 5.73 Å². The summed E-state index contributed by atoms with van der Waals surface area (Å²) in [6.07, 6.45) is 3.22. The number of benzene rings is 1. The van der Waals surface area contributed by atoms with Crippen LogP contribution in [0.1, 0.15) is 25.6 Å². The van der Waals surface area contributed by atoms with Gasteiger partial charge < -0.3 is 16.0 Å². The fourth-order valence-corrected chi connectivity index (χ4v) is 1.81. The first-order valence-electron chi connectivity index (χ1n) is 6.21. The highest BCUT2D eigenvalue weighted by molar-refractivity contribution is 5.94. The number of nitrogens with one attached hydrogen (secondary N) is 2. The number of nitrogens with zero attached hydrogens (tertiary/aromatic N) is 1. The first-order chi connectivity index (χ1) is 8.72. The Balaban J connectivity index is 0.00000180. The molecule has 0 saturated carbocycles. The number of carbonyl (C=O) groups excluding carboxylic acids is 1. The van der Waals surface area contributed by atoms with Crippen molar-refractivity contribution in [3.05, 3.63) is 24.0 Å². The first kappa shape index (κ1) is 18.7. The molecule has 0 aliphatic carbocycles. The van der Waals surface area contributed by atoms with Gasteiger partial charge in [-0.15, -0.1) is 24.8 Å². The van der Waals surface area contributed by atoms with E-state index >= 15 is 0 Å². The minimum atomic E-state index is -0.194.